The van der Waals surface area contributed by atoms with Crippen LogP contribution in [-0.4, -0.2) is 28.2 Å². The molecule has 0 saturated heterocycles. The van der Waals surface area contributed by atoms with Crippen molar-refractivity contribution >= 4 is 18.1 Å². The number of hydrogen-bond acceptors (Lipinski definition) is 4. The van der Waals surface area contributed by atoms with Crippen LogP contribution in [0.3, 0.4) is 0 Å². The van der Waals surface area contributed by atoms with Crippen LogP contribution in [0.5, 0.6) is 5.75 Å². The predicted octanol–water partition coefficient (Wildman–Crippen LogP) is 2.78. The van der Waals surface area contributed by atoms with Crippen molar-refractivity contribution in [1.29, 1.82) is 0 Å². The summed E-state index contributed by atoms with van der Waals surface area (Å²) in [7, 11) is -0.688. The van der Waals surface area contributed by atoms with E-state index < -0.39 is 7.14 Å². The molecule has 2 N–H and O–H groups in total. The third-order valence-corrected chi connectivity index (χ3v) is 8.87. The Labute approximate surface area is 129 Å². The molecule has 22 heavy (non-hydrogen) atoms. The van der Waals surface area contributed by atoms with E-state index in [4.69, 9.17) is 10.5 Å². The molecule has 0 spiro atoms. The molecule has 0 unspecified atom stereocenters. The van der Waals surface area contributed by atoms with Crippen molar-refractivity contribution in [2.45, 2.75) is 37.0 Å². The van der Waals surface area contributed by atoms with E-state index in [9.17, 15) is 4.57 Å². The molecule has 2 saturated carbocycles. The number of nitrogen functional groups attached to an aromatic ring is 1. The maximum atomic E-state index is 13.5. The highest BCUT2D eigenvalue weighted by molar-refractivity contribution is 7.73. The molecule has 2 aliphatic carbocycles. The lowest BCUT2D eigenvalue weighted by molar-refractivity contribution is 0.414. The van der Waals surface area contributed by atoms with Crippen LogP contribution in [0.25, 0.3) is 5.69 Å². The van der Waals surface area contributed by atoms with Crippen LogP contribution >= 0.6 is 7.14 Å². The molecule has 1 heterocycles. The van der Waals surface area contributed by atoms with Gasteiger partial charge in [-0.2, -0.15) is 5.10 Å². The standard InChI is InChI=1S/C16H20N3O2P/c1-21-16-14(17)3-2-4-15(16)19-10-13(9-18-19)22(20,11-5-6-11)12-7-8-12/h2-4,9-12H,5-8,17H2,1H3. The number of nitrogens with zero attached hydrogens (tertiary/aromatic N) is 2. The molecule has 0 aliphatic heterocycles. The number of para-hydroxylation sites is 1. The summed E-state index contributed by atoms with van der Waals surface area (Å²) in [5, 5.41) is 5.35. The first kappa shape index (κ1) is 13.9. The normalized spacial score (nSPS) is 18.4. The fraction of sp³-hybridized carbons (Fsp3) is 0.438. The Bertz CT molecular complexity index is 747. The Morgan fingerprint density at radius 2 is 1.95 bits per heavy atom. The van der Waals surface area contributed by atoms with Crippen LogP contribution in [-0.2, 0) is 4.57 Å². The number of nitrogens with two attached hydrogens (primary N) is 1. The van der Waals surface area contributed by atoms with Gasteiger partial charge in [0.05, 0.1) is 24.3 Å². The molecular weight excluding hydrogens is 297 g/mol. The van der Waals surface area contributed by atoms with Gasteiger partial charge >= 0.3 is 0 Å². The second-order valence-corrected chi connectivity index (χ2v) is 9.61. The van der Waals surface area contributed by atoms with Gasteiger partial charge < -0.3 is 15.0 Å². The molecular formula is C16H20N3O2P. The molecule has 0 bridgehead atoms. The van der Waals surface area contributed by atoms with E-state index >= 15 is 0 Å². The third kappa shape index (κ3) is 2.07. The summed E-state index contributed by atoms with van der Waals surface area (Å²) in [6.45, 7) is 0. The van der Waals surface area contributed by atoms with Gasteiger partial charge in [0.25, 0.3) is 0 Å². The molecule has 6 heteroatoms. The number of hydrogen-bond donors (Lipinski definition) is 1. The summed E-state index contributed by atoms with van der Waals surface area (Å²) < 4.78 is 20.6. The van der Waals surface area contributed by atoms with E-state index in [0.717, 1.165) is 36.7 Å². The quantitative estimate of drug-likeness (QED) is 0.680. The molecule has 1 aromatic heterocycles. The van der Waals surface area contributed by atoms with E-state index in [0.29, 0.717) is 22.8 Å². The third-order valence-electron chi connectivity index (χ3n) is 4.63. The van der Waals surface area contributed by atoms with Gasteiger partial charge in [-0.15, -0.1) is 0 Å². The maximum absolute atomic E-state index is 13.5. The minimum absolute atomic E-state index is 0.389. The minimum atomic E-state index is -2.28. The van der Waals surface area contributed by atoms with Gasteiger partial charge in [-0.25, -0.2) is 4.68 Å². The summed E-state index contributed by atoms with van der Waals surface area (Å²) >= 11 is 0. The second-order valence-electron chi connectivity index (χ2n) is 6.21. The highest BCUT2D eigenvalue weighted by Crippen LogP contribution is 2.69. The van der Waals surface area contributed by atoms with Crippen molar-refractivity contribution in [2.24, 2.45) is 0 Å². The van der Waals surface area contributed by atoms with Gasteiger partial charge in [0, 0.05) is 17.5 Å². The highest BCUT2D eigenvalue weighted by atomic mass is 31.2. The summed E-state index contributed by atoms with van der Waals surface area (Å²) in [5.74, 6) is 0.602. The highest BCUT2D eigenvalue weighted by Gasteiger charge is 2.52. The smallest absolute Gasteiger partial charge is 0.167 e. The molecule has 2 fully saturated rings. The van der Waals surface area contributed by atoms with Crippen molar-refractivity contribution in [2.75, 3.05) is 12.8 Å². The largest absolute Gasteiger partial charge is 0.492 e. The molecule has 116 valence electrons. The number of benzene rings is 1. The summed E-state index contributed by atoms with van der Waals surface area (Å²) in [5.41, 5.74) is 8.09. The Kier molecular flexibility index (Phi) is 3.08. The number of anilines is 1. The lowest BCUT2D eigenvalue weighted by Crippen LogP contribution is -2.10. The zero-order valence-corrected chi connectivity index (χ0v) is 13.5. The maximum Gasteiger partial charge on any atom is 0.167 e. The molecule has 4 rings (SSSR count). The van der Waals surface area contributed by atoms with Gasteiger partial charge in [-0.1, -0.05) is 6.07 Å². The second kappa shape index (κ2) is 4.88. The Morgan fingerprint density at radius 3 is 2.55 bits per heavy atom. The number of rotatable bonds is 5. The van der Waals surface area contributed by atoms with Crippen LogP contribution in [0.1, 0.15) is 25.7 Å². The van der Waals surface area contributed by atoms with Gasteiger partial charge in [0.1, 0.15) is 12.8 Å². The molecule has 2 aliphatic rings. The average Bonchev–Trinajstić information content (AvgIpc) is 3.43. The minimum Gasteiger partial charge on any atom is -0.492 e. The van der Waals surface area contributed by atoms with Gasteiger partial charge in [-0.05, 0) is 37.8 Å². The number of methoxy groups -OCH3 is 1. The van der Waals surface area contributed by atoms with Crippen LogP contribution in [0.4, 0.5) is 5.69 Å². The van der Waals surface area contributed by atoms with Gasteiger partial charge in [0.2, 0.25) is 0 Å². The Hall–Kier alpha value is -1.74. The van der Waals surface area contributed by atoms with Crippen molar-refractivity contribution in [3.63, 3.8) is 0 Å². The lowest BCUT2D eigenvalue weighted by Gasteiger charge is -2.15. The van der Waals surface area contributed by atoms with Crippen molar-refractivity contribution in [3.05, 3.63) is 30.6 Å². The zero-order valence-electron chi connectivity index (χ0n) is 12.6. The van der Waals surface area contributed by atoms with Crippen LogP contribution in [0.2, 0.25) is 0 Å². The van der Waals surface area contributed by atoms with Crippen molar-refractivity contribution in [1.82, 2.24) is 9.78 Å². The fourth-order valence-electron chi connectivity index (χ4n) is 3.21. The first-order valence-electron chi connectivity index (χ1n) is 7.72. The topological polar surface area (TPSA) is 70.1 Å². The molecule has 0 radical (unpaired) electrons. The molecule has 0 amide bonds. The van der Waals surface area contributed by atoms with Crippen molar-refractivity contribution < 1.29 is 9.30 Å². The predicted molar refractivity (Wildman–Crippen MR) is 87.8 cm³/mol. The number of ether oxygens (including phenoxy) is 1. The molecule has 1 aromatic carbocycles. The lowest BCUT2D eigenvalue weighted by atomic mass is 10.2. The van der Waals surface area contributed by atoms with Crippen LogP contribution in [0.15, 0.2) is 30.6 Å². The van der Waals surface area contributed by atoms with Crippen molar-refractivity contribution in [3.8, 4) is 11.4 Å². The zero-order chi connectivity index (χ0) is 15.3. The Balaban J connectivity index is 1.76. The summed E-state index contributed by atoms with van der Waals surface area (Å²) in [6, 6.07) is 5.58. The average molecular weight is 317 g/mol. The van der Waals surface area contributed by atoms with Crippen LogP contribution in [0, 0.1) is 0 Å². The molecule has 0 atom stereocenters. The first-order valence-corrected chi connectivity index (χ1v) is 9.56. The monoisotopic (exact) mass is 317 g/mol. The van der Waals surface area contributed by atoms with E-state index in [2.05, 4.69) is 5.10 Å². The van der Waals surface area contributed by atoms with E-state index in [1.165, 1.54) is 0 Å². The first-order chi connectivity index (χ1) is 10.6. The van der Waals surface area contributed by atoms with Crippen LogP contribution < -0.4 is 15.8 Å². The van der Waals surface area contributed by atoms with Gasteiger partial charge in [-0.3, -0.25) is 0 Å². The Morgan fingerprint density at radius 1 is 1.27 bits per heavy atom. The van der Waals surface area contributed by atoms with Gasteiger partial charge in [0.15, 0.2) is 5.75 Å². The van der Waals surface area contributed by atoms with E-state index in [1.54, 1.807) is 24.1 Å². The molecule has 2 aromatic rings. The molecule has 5 nitrogen and oxygen atoms in total. The van der Waals surface area contributed by atoms with E-state index in [-0.39, 0.29) is 0 Å². The van der Waals surface area contributed by atoms with E-state index in [1.807, 2.05) is 18.3 Å². The summed E-state index contributed by atoms with van der Waals surface area (Å²) in [4.78, 5) is 0. The SMILES string of the molecule is COc1c(N)cccc1-n1cc(P(=O)(C2CC2)C2CC2)cn1. The fourth-order valence-corrected chi connectivity index (χ4v) is 7.00. The number of aromatic nitrogens is 2. The summed E-state index contributed by atoms with van der Waals surface area (Å²) in [6.07, 6.45) is 8.08.